The minimum absolute atomic E-state index is 0.213. The van der Waals surface area contributed by atoms with Crippen molar-refractivity contribution in [2.45, 2.75) is 33.7 Å². The Morgan fingerprint density at radius 3 is 2.70 bits per heavy atom. The third kappa shape index (κ3) is 4.74. The number of carbonyl (C=O) groups excluding carboxylic acids is 1. The van der Waals surface area contributed by atoms with E-state index in [9.17, 15) is 4.79 Å². The van der Waals surface area contributed by atoms with Gasteiger partial charge >= 0.3 is 6.03 Å². The van der Waals surface area contributed by atoms with Crippen LogP contribution in [0.25, 0.3) is 0 Å². The van der Waals surface area contributed by atoms with E-state index in [-0.39, 0.29) is 6.03 Å². The number of amides is 2. The molecule has 124 valence electrons. The van der Waals surface area contributed by atoms with Gasteiger partial charge in [0, 0.05) is 30.5 Å². The first-order chi connectivity index (χ1) is 11.0. The van der Waals surface area contributed by atoms with Gasteiger partial charge in [0.2, 0.25) is 0 Å². The van der Waals surface area contributed by atoms with Crippen LogP contribution in [0.1, 0.15) is 23.4 Å². The van der Waals surface area contributed by atoms with E-state index in [0.29, 0.717) is 6.54 Å². The molecule has 0 radical (unpaired) electrons. The van der Waals surface area contributed by atoms with Gasteiger partial charge < -0.3 is 15.4 Å². The van der Waals surface area contributed by atoms with Crippen LogP contribution in [0, 0.1) is 20.8 Å². The van der Waals surface area contributed by atoms with Crippen LogP contribution < -0.4 is 15.4 Å². The Morgan fingerprint density at radius 1 is 1.26 bits per heavy atom. The van der Waals surface area contributed by atoms with E-state index in [2.05, 4.69) is 15.7 Å². The molecule has 1 heterocycles. The zero-order chi connectivity index (χ0) is 16.8. The summed E-state index contributed by atoms with van der Waals surface area (Å²) in [6.45, 7) is 7.33. The second-order valence-corrected chi connectivity index (χ2v) is 5.57. The SMILES string of the molecule is COc1ccc(C)c(NC(=O)NCCCn2nc(C)cc2C)c1. The van der Waals surface area contributed by atoms with E-state index in [1.165, 1.54) is 0 Å². The molecule has 0 bridgehead atoms. The van der Waals surface area contributed by atoms with Crippen molar-refractivity contribution >= 4 is 11.7 Å². The zero-order valence-corrected chi connectivity index (χ0v) is 14.1. The quantitative estimate of drug-likeness (QED) is 0.805. The van der Waals surface area contributed by atoms with Crippen molar-refractivity contribution < 1.29 is 9.53 Å². The molecule has 6 nitrogen and oxygen atoms in total. The van der Waals surface area contributed by atoms with Crippen molar-refractivity contribution in [1.82, 2.24) is 15.1 Å². The van der Waals surface area contributed by atoms with Crippen LogP contribution in [0.2, 0.25) is 0 Å². The van der Waals surface area contributed by atoms with E-state index < -0.39 is 0 Å². The predicted molar refractivity (Wildman–Crippen MR) is 91.1 cm³/mol. The fourth-order valence-corrected chi connectivity index (χ4v) is 2.36. The molecule has 23 heavy (non-hydrogen) atoms. The minimum atomic E-state index is -0.213. The fourth-order valence-electron chi connectivity index (χ4n) is 2.36. The second kappa shape index (κ2) is 7.67. The van der Waals surface area contributed by atoms with Gasteiger partial charge in [-0.15, -0.1) is 0 Å². The normalized spacial score (nSPS) is 10.4. The van der Waals surface area contributed by atoms with Gasteiger partial charge in [-0.2, -0.15) is 5.10 Å². The molecule has 6 heteroatoms. The highest BCUT2D eigenvalue weighted by molar-refractivity contribution is 5.90. The van der Waals surface area contributed by atoms with Crippen LogP contribution in [0.4, 0.5) is 10.5 Å². The molecule has 0 saturated heterocycles. The molecule has 0 saturated carbocycles. The van der Waals surface area contributed by atoms with Gasteiger partial charge in [-0.25, -0.2) is 4.79 Å². The molecule has 0 atom stereocenters. The summed E-state index contributed by atoms with van der Waals surface area (Å²) in [5.74, 6) is 0.718. The smallest absolute Gasteiger partial charge is 0.319 e. The maximum Gasteiger partial charge on any atom is 0.319 e. The van der Waals surface area contributed by atoms with Gasteiger partial charge in [-0.3, -0.25) is 4.68 Å². The van der Waals surface area contributed by atoms with Crippen LogP contribution in [0.5, 0.6) is 5.75 Å². The number of hydrogen-bond acceptors (Lipinski definition) is 3. The second-order valence-electron chi connectivity index (χ2n) is 5.57. The minimum Gasteiger partial charge on any atom is -0.497 e. The molecule has 0 aliphatic rings. The summed E-state index contributed by atoms with van der Waals surface area (Å²) in [5, 5.41) is 10.1. The van der Waals surface area contributed by atoms with Crippen LogP contribution in [-0.4, -0.2) is 29.5 Å². The summed E-state index contributed by atoms with van der Waals surface area (Å²) in [6, 6.07) is 7.43. The highest BCUT2D eigenvalue weighted by atomic mass is 16.5. The number of methoxy groups -OCH3 is 1. The molecule has 0 aliphatic heterocycles. The maximum absolute atomic E-state index is 12.0. The number of ether oxygens (including phenoxy) is 1. The summed E-state index contributed by atoms with van der Waals surface area (Å²) >= 11 is 0. The number of hydrogen-bond donors (Lipinski definition) is 2. The summed E-state index contributed by atoms with van der Waals surface area (Å²) in [5.41, 5.74) is 3.89. The number of rotatable bonds is 6. The van der Waals surface area contributed by atoms with Gasteiger partial charge in [-0.05, 0) is 44.9 Å². The van der Waals surface area contributed by atoms with Crippen LogP contribution in [0.15, 0.2) is 24.3 Å². The standard InChI is InChI=1S/C17H24N4O2/c1-12-6-7-15(23-4)11-16(12)19-17(22)18-8-5-9-21-14(3)10-13(2)20-21/h6-7,10-11H,5,8-9H2,1-4H3,(H2,18,19,22). The van der Waals surface area contributed by atoms with E-state index in [1.54, 1.807) is 7.11 Å². The van der Waals surface area contributed by atoms with Crippen LogP contribution in [-0.2, 0) is 6.54 Å². The monoisotopic (exact) mass is 316 g/mol. The number of nitrogens with zero attached hydrogens (tertiary/aromatic N) is 2. The van der Waals surface area contributed by atoms with Gasteiger partial charge in [-0.1, -0.05) is 6.07 Å². The number of urea groups is 1. The highest BCUT2D eigenvalue weighted by Crippen LogP contribution is 2.21. The Kier molecular flexibility index (Phi) is 5.62. The summed E-state index contributed by atoms with van der Waals surface area (Å²) in [6.07, 6.45) is 0.826. The zero-order valence-electron chi connectivity index (χ0n) is 14.1. The number of benzene rings is 1. The van der Waals surface area contributed by atoms with E-state index in [0.717, 1.165) is 41.4 Å². The molecule has 0 aliphatic carbocycles. The summed E-state index contributed by atoms with van der Waals surface area (Å²) < 4.78 is 7.13. The number of anilines is 1. The number of aromatic nitrogens is 2. The van der Waals surface area contributed by atoms with E-state index in [1.807, 2.05) is 49.7 Å². The summed E-state index contributed by atoms with van der Waals surface area (Å²) in [4.78, 5) is 12.0. The van der Waals surface area contributed by atoms with Crippen molar-refractivity contribution in [3.05, 3.63) is 41.2 Å². The van der Waals surface area contributed by atoms with Crippen molar-refractivity contribution in [3.63, 3.8) is 0 Å². The van der Waals surface area contributed by atoms with Crippen molar-refractivity contribution in [2.24, 2.45) is 0 Å². The van der Waals surface area contributed by atoms with Gasteiger partial charge in [0.1, 0.15) is 5.75 Å². The molecule has 0 fully saturated rings. The first kappa shape index (κ1) is 16.9. The molecule has 0 spiro atoms. The fraction of sp³-hybridized carbons (Fsp3) is 0.412. The molecule has 0 unspecified atom stereocenters. The molecule has 2 aromatic rings. The number of nitrogens with one attached hydrogen (secondary N) is 2. The molecule has 2 rings (SSSR count). The van der Waals surface area contributed by atoms with Crippen molar-refractivity contribution in [2.75, 3.05) is 19.0 Å². The first-order valence-corrected chi connectivity index (χ1v) is 7.70. The van der Waals surface area contributed by atoms with Crippen molar-refractivity contribution in [3.8, 4) is 5.75 Å². The average Bonchev–Trinajstić information content (AvgIpc) is 2.84. The molecule has 1 aromatic heterocycles. The highest BCUT2D eigenvalue weighted by Gasteiger charge is 2.06. The lowest BCUT2D eigenvalue weighted by Gasteiger charge is -2.11. The average molecular weight is 316 g/mol. The third-order valence-electron chi connectivity index (χ3n) is 3.63. The topological polar surface area (TPSA) is 68.2 Å². The van der Waals surface area contributed by atoms with E-state index >= 15 is 0 Å². The molecular formula is C17H24N4O2. The lowest BCUT2D eigenvalue weighted by Crippen LogP contribution is -2.30. The van der Waals surface area contributed by atoms with E-state index in [4.69, 9.17) is 4.74 Å². The van der Waals surface area contributed by atoms with Gasteiger partial charge in [0.25, 0.3) is 0 Å². The Balaban J connectivity index is 1.78. The van der Waals surface area contributed by atoms with Gasteiger partial charge in [0.05, 0.1) is 12.8 Å². The Labute approximate surface area is 136 Å². The predicted octanol–water partition coefficient (Wildman–Crippen LogP) is 3.03. The van der Waals surface area contributed by atoms with Crippen molar-refractivity contribution in [1.29, 1.82) is 0 Å². The van der Waals surface area contributed by atoms with Crippen LogP contribution in [0.3, 0.4) is 0 Å². The lowest BCUT2D eigenvalue weighted by molar-refractivity contribution is 0.251. The third-order valence-corrected chi connectivity index (χ3v) is 3.63. The largest absolute Gasteiger partial charge is 0.497 e. The van der Waals surface area contributed by atoms with Gasteiger partial charge in [0.15, 0.2) is 0 Å². The number of carbonyl (C=O) groups is 1. The summed E-state index contributed by atoms with van der Waals surface area (Å²) in [7, 11) is 1.60. The molecular weight excluding hydrogens is 292 g/mol. The Bertz CT molecular complexity index is 679. The molecule has 2 N–H and O–H groups in total. The Morgan fingerprint density at radius 2 is 2.04 bits per heavy atom. The molecule has 1 aromatic carbocycles. The lowest BCUT2D eigenvalue weighted by atomic mass is 10.2. The number of aryl methyl sites for hydroxylation is 4. The van der Waals surface area contributed by atoms with Crippen LogP contribution >= 0.6 is 0 Å². The molecule has 2 amide bonds. The maximum atomic E-state index is 12.0. The Hall–Kier alpha value is -2.50. The first-order valence-electron chi connectivity index (χ1n) is 7.70.